The van der Waals surface area contributed by atoms with Crippen LogP contribution in [0.25, 0.3) is 0 Å². The minimum absolute atomic E-state index is 0.0486. The summed E-state index contributed by atoms with van der Waals surface area (Å²) < 4.78 is 12.1. The molecule has 14 heavy (non-hydrogen) atoms. The highest BCUT2D eigenvalue weighted by atomic mass is 19.1. The van der Waals surface area contributed by atoms with E-state index in [0.717, 1.165) is 0 Å². The average Bonchev–Trinajstić information content (AvgIpc) is 2.03. The zero-order valence-corrected chi connectivity index (χ0v) is 8.50. The molecule has 0 radical (unpaired) electrons. The van der Waals surface area contributed by atoms with E-state index in [1.165, 1.54) is 12.1 Å². The second-order valence-corrected chi connectivity index (χ2v) is 3.70. The number of hydrogen-bond acceptors (Lipinski definition) is 3. The fourth-order valence-electron chi connectivity index (χ4n) is 0.507. The van der Waals surface area contributed by atoms with Gasteiger partial charge in [-0.05, 0) is 32.0 Å². The Hall–Kier alpha value is -1.13. The zero-order chi connectivity index (χ0) is 11.2. The van der Waals surface area contributed by atoms with Crippen LogP contribution in [-0.2, 0) is 0 Å². The fraction of sp³-hybridized carbons (Fsp3) is 0.400. The van der Waals surface area contributed by atoms with Crippen molar-refractivity contribution in [1.82, 2.24) is 0 Å². The molecule has 0 heterocycles. The predicted molar refractivity (Wildman–Crippen MR) is 56.2 cm³/mol. The van der Waals surface area contributed by atoms with Gasteiger partial charge in [0.2, 0.25) is 0 Å². The fourth-order valence-corrected chi connectivity index (χ4v) is 0.507. The molecule has 4 heteroatoms. The van der Waals surface area contributed by atoms with Crippen LogP contribution in [0.15, 0.2) is 24.3 Å². The Labute approximate surface area is 83.5 Å². The van der Waals surface area contributed by atoms with Gasteiger partial charge >= 0.3 is 0 Å². The molecule has 0 saturated carbocycles. The summed E-state index contributed by atoms with van der Waals surface area (Å²) in [5.74, 6) is -0.287. The van der Waals surface area contributed by atoms with Gasteiger partial charge in [-0.25, -0.2) is 4.39 Å². The summed E-state index contributed by atoms with van der Waals surface area (Å²) >= 11 is 0. The number of halogens is 1. The molecule has 1 rings (SSSR count). The van der Waals surface area contributed by atoms with Crippen LogP contribution >= 0.6 is 0 Å². The number of aliphatic hydroxyl groups excluding tert-OH is 1. The van der Waals surface area contributed by atoms with Crippen LogP contribution in [-0.4, -0.2) is 17.3 Å². The van der Waals surface area contributed by atoms with Crippen LogP contribution in [0.5, 0.6) is 0 Å². The molecule has 0 aliphatic rings. The highest BCUT2D eigenvalue weighted by Crippen LogP contribution is 2.02. The van der Waals surface area contributed by atoms with E-state index in [-0.39, 0.29) is 12.4 Å². The van der Waals surface area contributed by atoms with E-state index >= 15 is 0 Å². The lowest BCUT2D eigenvalue weighted by molar-refractivity contribution is 0.221. The third-order valence-electron chi connectivity index (χ3n) is 1.26. The quantitative estimate of drug-likeness (QED) is 0.595. The number of nitrogen functional groups attached to an aromatic ring is 1. The summed E-state index contributed by atoms with van der Waals surface area (Å²) in [7, 11) is 0. The topological polar surface area (TPSA) is 72.3 Å². The van der Waals surface area contributed by atoms with E-state index in [0.29, 0.717) is 5.69 Å². The third kappa shape index (κ3) is 7.52. The number of nitrogens with two attached hydrogens (primary N) is 2. The van der Waals surface area contributed by atoms with E-state index in [2.05, 4.69) is 0 Å². The monoisotopic (exact) mass is 200 g/mol. The Balaban J connectivity index is 0.000000255. The third-order valence-corrected chi connectivity index (χ3v) is 1.26. The number of benzene rings is 1. The molecule has 80 valence electrons. The first kappa shape index (κ1) is 12.9. The Morgan fingerprint density at radius 2 is 1.93 bits per heavy atom. The molecule has 0 amide bonds. The van der Waals surface area contributed by atoms with Crippen LogP contribution in [0.3, 0.4) is 0 Å². The van der Waals surface area contributed by atoms with Crippen molar-refractivity contribution in [1.29, 1.82) is 0 Å². The summed E-state index contributed by atoms with van der Waals surface area (Å²) in [5, 5.41) is 8.28. The summed E-state index contributed by atoms with van der Waals surface area (Å²) in [5.41, 5.74) is 10.6. The van der Waals surface area contributed by atoms with E-state index in [4.69, 9.17) is 16.6 Å². The van der Waals surface area contributed by atoms with Gasteiger partial charge in [0.05, 0.1) is 6.61 Å². The van der Waals surface area contributed by atoms with Gasteiger partial charge in [0.15, 0.2) is 0 Å². The van der Waals surface area contributed by atoms with Gasteiger partial charge in [0.25, 0.3) is 0 Å². The van der Waals surface area contributed by atoms with Crippen molar-refractivity contribution in [3.63, 3.8) is 0 Å². The SMILES string of the molecule is CC(C)(N)CO.Nc1cccc(F)c1. The van der Waals surface area contributed by atoms with Gasteiger partial charge in [-0.15, -0.1) is 0 Å². The molecule has 0 unspecified atom stereocenters. The van der Waals surface area contributed by atoms with Crippen LogP contribution in [0, 0.1) is 5.82 Å². The van der Waals surface area contributed by atoms with Gasteiger partial charge in [-0.3, -0.25) is 0 Å². The van der Waals surface area contributed by atoms with E-state index in [1.54, 1.807) is 26.0 Å². The van der Waals surface area contributed by atoms with Crippen molar-refractivity contribution >= 4 is 5.69 Å². The molecule has 1 aromatic rings. The van der Waals surface area contributed by atoms with Gasteiger partial charge in [-0.1, -0.05) is 6.07 Å². The molecular weight excluding hydrogens is 183 g/mol. The number of aliphatic hydroxyl groups is 1. The molecule has 0 spiro atoms. The lowest BCUT2D eigenvalue weighted by atomic mass is 10.1. The maximum Gasteiger partial charge on any atom is 0.125 e. The first-order chi connectivity index (χ1) is 6.35. The molecule has 1 aromatic carbocycles. The lowest BCUT2D eigenvalue weighted by Crippen LogP contribution is -2.35. The highest BCUT2D eigenvalue weighted by Gasteiger charge is 2.05. The number of rotatable bonds is 1. The molecule has 0 fully saturated rings. The molecular formula is C10H17FN2O. The van der Waals surface area contributed by atoms with Crippen molar-refractivity contribution in [2.24, 2.45) is 5.73 Å². The van der Waals surface area contributed by atoms with Gasteiger partial charge in [-0.2, -0.15) is 0 Å². The zero-order valence-electron chi connectivity index (χ0n) is 8.50. The van der Waals surface area contributed by atoms with Crippen molar-refractivity contribution in [2.45, 2.75) is 19.4 Å². The van der Waals surface area contributed by atoms with Crippen LogP contribution in [0.2, 0.25) is 0 Å². The Morgan fingerprint density at radius 3 is 2.14 bits per heavy atom. The summed E-state index contributed by atoms with van der Waals surface area (Å²) in [6, 6.07) is 5.85. The summed E-state index contributed by atoms with van der Waals surface area (Å²) in [6.45, 7) is 3.59. The smallest absolute Gasteiger partial charge is 0.125 e. The first-order valence-corrected chi connectivity index (χ1v) is 4.26. The second kappa shape index (κ2) is 5.57. The maximum absolute atomic E-state index is 12.1. The minimum atomic E-state index is -0.403. The van der Waals surface area contributed by atoms with Gasteiger partial charge in [0.1, 0.15) is 5.82 Å². The second-order valence-electron chi connectivity index (χ2n) is 3.70. The standard InChI is InChI=1S/C6H6FN.C4H11NO/c7-5-2-1-3-6(8)4-5;1-4(2,5)3-6/h1-4H,8H2;6H,3,5H2,1-2H3. The van der Waals surface area contributed by atoms with Crippen molar-refractivity contribution < 1.29 is 9.50 Å². The molecule has 0 bridgehead atoms. The van der Waals surface area contributed by atoms with Crippen LogP contribution in [0.1, 0.15) is 13.8 Å². The number of hydrogen-bond donors (Lipinski definition) is 3. The van der Waals surface area contributed by atoms with Crippen molar-refractivity contribution in [3.05, 3.63) is 30.1 Å². The molecule has 0 aliphatic carbocycles. The van der Waals surface area contributed by atoms with Gasteiger partial charge in [0, 0.05) is 11.2 Å². The Bertz CT molecular complexity index is 254. The predicted octanol–water partition coefficient (Wildman–Crippen LogP) is 1.12. The van der Waals surface area contributed by atoms with Crippen molar-refractivity contribution in [3.8, 4) is 0 Å². The lowest BCUT2D eigenvalue weighted by Gasteiger charge is -2.12. The molecule has 3 nitrogen and oxygen atoms in total. The minimum Gasteiger partial charge on any atom is -0.399 e. The molecule has 5 N–H and O–H groups in total. The largest absolute Gasteiger partial charge is 0.399 e. The normalized spacial score (nSPS) is 10.4. The van der Waals surface area contributed by atoms with Gasteiger partial charge < -0.3 is 16.6 Å². The maximum atomic E-state index is 12.1. The van der Waals surface area contributed by atoms with E-state index < -0.39 is 5.54 Å². The molecule has 0 atom stereocenters. The number of anilines is 1. The molecule has 0 aliphatic heterocycles. The van der Waals surface area contributed by atoms with Crippen LogP contribution in [0.4, 0.5) is 10.1 Å². The Morgan fingerprint density at radius 1 is 1.43 bits per heavy atom. The highest BCUT2D eigenvalue weighted by molar-refractivity contribution is 5.36. The molecule has 0 aromatic heterocycles. The molecule has 0 saturated heterocycles. The Kier molecular flexibility index (Phi) is 5.12. The van der Waals surface area contributed by atoms with Crippen LogP contribution < -0.4 is 11.5 Å². The summed E-state index contributed by atoms with van der Waals surface area (Å²) in [4.78, 5) is 0. The summed E-state index contributed by atoms with van der Waals surface area (Å²) in [6.07, 6.45) is 0. The first-order valence-electron chi connectivity index (χ1n) is 4.26. The van der Waals surface area contributed by atoms with E-state index in [1.807, 2.05) is 0 Å². The van der Waals surface area contributed by atoms with E-state index in [9.17, 15) is 4.39 Å². The average molecular weight is 200 g/mol. The van der Waals surface area contributed by atoms with Crippen molar-refractivity contribution in [2.75, 3.05) is 12.3 Å².